The molecule has 1 aromatic heterocycles. The first-order valence-corrected chi connectivity index (χ1v) is 11.4. The Balaban J connectivity index is 1.28. The highest BCUT2D eigenvalue weighted by atomic mass is 16.5. The normalized spacial score (nSPS) is 16.3. The second-order valence-electron chi connectivity index (χ2n) is 8.50. The van der Waals surface area contributed by atoms with Crippen LogP contribution in [0.4, 0.5) is 0 Å². The van der Waals surface area contributed by atoms with Gasteiger partial charge in [0.2, 0.25) is 0 Å². The van der Waals surface area contributed by atoms with Crippen LogP contribution in [0.3, 0.4) is 0 Å². The molecular weight excluding hydrogens is 398 g/mol. The summed E-state index contributed by atoms with van der Waals surface area (Å²) in [6.45, 7) is 7.24. The summed E-state index contributed by atoms with van der Waals surface area (Å²) in [5.74, 6) is 0. The predicted octanol–water partition coefficient (Wildman–Crippen LogP) is 3.67. The number of aliphatic hydroxyl groups excluding tert-OH is 1. The number of aliphatic hydroxyl groups is 1. The van der Waals surface area contributed by atoms with Crippen LogP contribution in [-0.4, -0.2) is 65.3 Å². The number of hydrogen-bond acceptors (Lipinski definition) is 5. The molecular formula is C27H33N3O2. The molecule has 4 rings (SSSR count). The van der Waals surface area contributed by atoms with Crippen LogP contribution in [0.1, 0.15) is 28.4 Å². The van der Waals surface area contributed by atoms with Crippen LogP contribution >= 0.6 is 0 Å². The molecule has 0 amide bonds. The van der Waals surface area contributed by atoms with Gasteiger partial charge in [0.05, 0.1) is 31.1 Å². The van der Waals surface area contributed by atoms with Crippen LogP contribution in [0.2, 0.25) is 0 Å². The average Bonchev–Trinajstić information content (AvgIpc) is 2.83. The molecule has 1 aliphatic heterocycles. The van der Waals surface area contributed by atoms with Crippen molar-refractivity contribution in [3.63, 3.8) is 0 Å². The van der Waals surface area contributed by atoms with E-state index in [1.807, 2.05) is 19.1 Å². The zero-order valence-corrected chi connectivity index (χ0v) is 18.8. The van der Waals surface area contributed by atoms with Crippen LogP contribution in [0.5, 0.6) is 0 Å². The second kappa shape index (κ2) is 11.3. The van der Waals surface area contributed by atoms with E-state index < -0.39 is 6.10 Å². The van der Waals surface area contributed by atoms with Gasteiger partial charge in [-0.15, -0.1) is 0 Å². The Morgan fingerprint density at radius 2 is 1.50 bits per heavy atom. The number of hydrogen-bond donors (Lipinski definition) is 1. The first-order chi connectivity index (χ1) is 15.7. The van der Waals surface area contributed by atoms with Gasteiger partial charge in [0.1, 0.15) is 0 Å². The molecule has 0 saturated carbocycles. The molecule has 2 aromatic carbocycles. The van der Waals surface area contributed by atoms with Crippen LogP contribution in [0.15, 0.2) is 79.0 Å². The third-order valence-corrected chi connectivity index (χ3v) is 6.14. The number of benzene rings is 2. The summed E-state index contributed by atoms with van der Waals surface area (Å²) in [5.41, 5.74) is 4.70. The number of rotatable bonds is 9. The number of ether oxygens (including phenoxy) is 1. The Morgan fingerprint density at radius 1 is 0.875 bits per heavy atom. The topological polar surface area (TPSA) is 48.8 Å². The molecule has 1 saturated heterocycles. The quantitative estimate of drug-likeness (QED) is 0.560. The molecule has 5 heteroatoms. The van der Waals surface area contributed by atoms with Gasteiger partial charge in [-0.05, 0) is 29.7 Å². The summed E-state index contributed by atoms with van der Waals surface area (Å²) in [6, 6.07) is 25.7. The SMILES string of the molecule is Cc1cccnc1COCC(O)CN1CCN(C(c2ccccc2)c2ccccc2)CC1. The van der Waals surface area contributed by atoms with Gasteiger partial charge < -0.3 is 9.84 Å². The Kier molecular flexibility index (Phi) is 8.02. The van der Waals surface area contributed by atoms with Gasteiger partial charge in [0.15, 0.2) is 0 Å². The lowest BCUT2D eigenvalue weighted by Crippen LogP contribution is -2.50. The molecule has 0 radical (unpaired) electrons. The molecule has 2 heterocycles. The summed E-state index contributed by atoms with van der Waals surface area (Å²) < 4.78 is 5.73. The van der Waals surface area contributed by atoms with Gasteiger partial charge in [-0.2, -0.15) is 0 Å². The van der Waals surface area contributed by atoms with E-state index in [4.69, 9.17) is 4.74 Å². The Labute approximate surface area is 191 Å². The van der Waals surface area contributed by atoms with E-state index >= 15 is 0 Å². The maximum absolute atomic E-state index is 10.5. The second-order valence-corrected chi connectivity index (χ2v) is 8.50. The first-order valence-electron chi connectivity index (χ1n) is 11.4. The molecule has 3 aromatic rings. The molecule has 1 N–H and O–H groups in total. The molecule has 5 nitrogen and oxygen atoms in total. The van der Waals surface area contributed by atoms with Crippen molar-refractivity contribution >= 4 is 0 Å². The lowest BCUT2D eigenvalue weighted by Gasteiger charge is -2.40. The fourth-order valence-corrected chi connectivity index (χ4v) is 4.40. The summed E-state index contributed by atoms with van der Waals surface area (Å²) in [4.78, 5) is 9.23. The maximum atomic E-state index is 10.5. The minimum Gasteiger partial charge on any atom is -0.389 e. The van der Waals surface area contributed by atoms with Gasteiger partial charge in [-0.1, -0.05) is 66.7 Å². The fraction of sp³-hybridized carbons (Fsp3) is 0.370. The smallest absolute Gasteiger partial charge is 0.0900 e. The number of aryl methyl sites for hydroxylation is 1. The van der Waals surface area contributed by atoms with Crippen molar-refractivity contribution < 1.29 is 9.84 Å². The standard InChI is InChI=1S/C27H33N3O2/c1-22-9-8-14-28-26(22)21-32-20-25(31)19-29-15-17-30(18-16-29)27(23-10-4-2-5-11-23)24-12-6-3-7-13-24/h2-14,25,27,31H,15-21H2,1H3. The van der Waals surface area contributed by atoms with Crippen LogP contribution < -0.4 is 0 Å². The monoisotopic (exact) mass is 431 g/mol. The van der Waals surface area contributed by atoms with Crippen LogP contribution in [-0.2, 0) is 11.3 Å². The van der Waals surface area contributed by atoms with Crippen molar-refractivity contribution in [3.8, 4) is 0 Å². The average molecular weight is 432 g/mol. The molecule has 1 fully saturated rings. The van der Waals surface area contributed by atoms with Crippen LogP contribution in [0, 0.1) is 6.92 Å². The summed E-state index contributed by atoms with van der Waals surface area (Å²) >= 11 is 0. The molecule has 1 atom stereocenters. The van der Waals surface area contributed by atoms with Crippen molar-refractivity contribution in [2.24, 2.45) is 0 Å². The van der Waals surface area contributed by atoms with E-state index in [0.29, 0.717) is 19.8 Å². The van der Waals surface area contributed by atoms with E-state index in [0.717, 1.165) is 37.4 Å². The van der Waals surface area contributed by atoms with E-state index in [1.54, 1.807) is 6.20 Å². The lowest BCUT2D eigenvalue weighted by atomic mass is 9.96. The Morgan fingerprint density at radius 3 is 2.09 bits per heavy atom. The number of aromatic nitrogens is 1. The van der Waals surface area contributed by atoms with Crippen molar-refractivity contribution in [2.75, 3.05) is 39.3 Å². The first kappa shape index (κ1) is 22.6. The van der Waals surface area contributed by atoms with Crippen LogP contribution in [0.25, 0.3) is 0 Å². The third-order valence-electron chi connectivity index (χ3n) is 6.14. The van der Waals surface area contributed by atoms with Crippen molar-refractivity contribution in [2.45, 2.75) is 25.7 Å². The zero-order valence-electron chi connectivity index (χ0n) is 18.8. The third kappa shape index (κ3) is 6.02. The van der Waals surface area contributed by atoms with Gasteiger partial charge in [-0.3, -0.25) is 14.8 Å². The number of pyridine rings is 1. The highest BCUT2D eigenvalue weighted by Crippen LogP contribution is 2.29. The van der Waals surface area contributed by atoms with Crippen molar-refractivity contribution in [3.05, 3.63) is 101 Å². The molecule has 0 bridgehead atoms. The number of β-amino-alcohol motifs (C(OH)–C–C–N with tert-alkyl or cyclic N) is 1. The lowest BCUT2D eigenvalue weighted by molar-refractivity contribution is -0.00156. The largest absolute Gasteiger partial charge is 0.389 e. The molecule has 168 valence electrons. The number of nitrogens with zero attached hydrogens (tertiary/aromatic N) is 3. The van der Waals surface area contributed by atoms with E-state index in [9.17, 15) is 5.11 Å². The predicted molar refractivity (Wildman–Crippen MR) is 127 cm³/mol. The summed E-state index contributed by atoms with van der Waals surface area (Å²) in [6.07, 6.45) is 1.28. The van der Waals surface area contributed by atoms with E-state index in [2.05, 4.69) is 75.4 Å². The molecule has 1 unspecified atom stereocenters. The van der Waals surface area contributed by atoms with Gasteiger partial charge in [0, 0.05) is 38.9 Å². The van der Waals surface area contributed by atoms with Gasteiger partial charge in [-0.25, -0.2) is 0 Å². The molecule has 1 aliphatic rings. The fourth-order valence-electron chi connectivity index (χ4n) is 4.40. The summed E-state index contributed by atoms with van der Waals surface area (Å²) in [5, 5.41) is 10.5. The highest BCUT2D eigenvalue weighted by molar-refractivity contribution is 5.32. The molecule has 0 spiro atoms. The van der Waals surface area contributed by atoms with Crippen molar-refractivity contribution in [1.29, 1.82) is 0 Å². The van der Waals surface area contributed by atoms with E-state index in [-0.39, 0.29) is 6.04 Å². The molecule has 0 aliphatic carbocycles. The maximum Gasteiger partial charge on any atom is 0.0900 e. The number of piperazine rings is 1. The van der Waals surface area contributed by atoms with E-state index in [1.165, 1.54) is 11.1 Å². The zero-order chi connectivity index (χ0) is 22.2. The van der Waals surface area contributed by atoms with Gasteiger partial charge >= 0.3 is 0 Å². The minimum absolute atomic E-state index is 0.259. The molecule has 32 heavy (non-hydrogen) atoms. The van der Waals surface area contributed by atoms with Crippen molar-refractivity contribution in [1.82, 2.24) is 14.8 Å². The minimum atomic E-state index is -0.496. The summed E-state index contributed by atoms with van der Waals surface area (Å²) in [7, 11) is 0. The highest BCUT2D eigenvalue weighted by Gasteiger charge is 2.27. The van der Waals surface area contributed by atoms with Gasteiger partial charge in [0.25, 0.3) is 0 Å². The Bertz CT molecular complexity index is 904. The Hall–Kier alpha value is -2.57.